The van der Waals surface area contributed by atoms with E-state index in [0.717, 1.165) is 32.5 Å². The summed E-state index contributed by atoms with van der Waals surface area (Å²) in [6, 6.07) is 4.03. The van der Waals surface area contributed by atoms with Crippen molar-refractivity contribution in [2.75, 3.05) is 32.5 Å². The number of morpholine rings is 1. The van der Waals surface area contributed by atoms with Crippen LogP contribution >= 0.6 is 0 Å². The molecule has 2 aliphatic rings. The molecule has 2 fully saturated rings. The van der Waals surface area contributed by atoms with E-state index in [1.54, 1.807) is 16.7 Å². The van der Waals surface area contributed by atoms with Crippen LogP contribution in [-0.2, 0) is 21.3 Å². The Morgan fingerprint density at radius 3 is 2.68 bits per heavy atom. The Morgan fingerprint density at radius 1 is 1.23 bits per heavy atom. The van der Waals surface area contributed by atoms with Gasteiger partial charge in [0, 0.05) is 38.6 Å². The van der Waals surface area contributed by atoms with E-state index in [0.29, 0.717) is 13.2 Å². The predicted molar refractivity (Wildman–Crippen MR) is 83.8 cm³/mol. The van der Waals surface area contributed by atoms with Crippen molar-refractivity contribution in [2.45, 2.75) is 31.5 Å². The average molecular weight is 325 g/mol. The molecule has 0 saturated carbocycles. The molecular formula is C15H23N3O3S. The van der Waals surface area contributed by atoms with Crippen LogP contribution in [0.3, 0.4) is 0 Å². The minimum absolute atomic E-state index is 0.0194. The number of pyridine rings is 1. The third-order valence-corrected chi connectivity index (χ3v) is 5.80. The molecule has 3 rings (SSSR count). The molecule has 3 heterocycles. The summed E-state index contributed by atoms with van der Waals surface area (Å²) in [5.41, 5.74) is 1.24. The first kappa shape index (κ1) is 15.9. The Hall–Kier alpha value is -1.02. The van der Waals surface area contributed by atoms with E-state index in [1.807, 2.05) is 12.1 Å². The molecule has 22 heavy (non-hydrogen) atoms. The lowest BCUT2D eigenvalue weighted by Crippen LogP contribution is -2.53. The fourth-order valence-corrected chi connectivity index (χ4v) is 4.55. The van der Waals surface area contributed by atoms with Crippen molar-refractivity contribution in [3.63, 3.8) is 0 Å². The molecule has 0 spiro atoms. The van der Waals surface area contributed by atoms with Crippen molar-refractivity contribution >= 4 is 10.0 Å². The molecule has 122 valence electrons. The number of likely N-dealkylation sites (tertiary alicyclic amines) is 1. The third kappa shape index (κ3) is 3.65. The molecule has 2 saturated heterocycles. The number of fused-ring (bicyclic) bond motifs is 1. The van der Waals surface area contributed by atoms with E-state index in [-0.39, 0.29) is 12.1 Å². The maximum atomic E-state index is 12.0. The SMILES string of the molecule is CS(=O)(=O)N1CCO[C@@H]2CCN(Cc3ccncc3)CC[C@H]21. The van der Waals surface area contributed by atoms with Gasteiger partial charge in [0.25, 0.3) is 0 Å². The number of aromatic nitrogens is 1. The second-order valence-electron chi connectivity index (χ2n) is 6.06. The van der Waals surface area contributed by atoms with Gasteiger partial charge in [-0.25, -0.2) is 8.42 Å². The van der Waals surface area contributed by atoms with Gasteiger partial charge in [-0.15, -0.1) is 0 Å². The lowest BCUT2D eigenvalue weighted by Gasteiger charge is -2.38. The lowest BCUT2D eigenvalue weighted by molar-refractivity contribution is -0.0407. The molecule has 7 heteroatoms. The molecular weight excluding hydrogens is 302 g/mol. The monoisotopic (exact) mass is 325 g/mol. The van der Waals surface area contributed by atoms with Crippen LogP contribution in [0.2, 0.25) is 0 Å². The smallest absolute Gasteiger partial charge is 0.211 e. The molecule has 0 N–H and O–H groups in total. The van der Waals surface area contributed by atoms with Gasteiger partial charge >= 0.3 is 0 Å². The highest BCUT2D eigenvalue weighted by molar-refractivity contribution is 7.88. The van der Waals surface area contributed by atoms with Gasteiger partial charge in [0.2, 0.25) is 10.0 Å². The summed E-state index contributed by atoms with van der Waals surface area (Å²) in [6.45, 7) is 3.67. The van der Waals surface area contributed by atoms with Crippen molar-refractivity contribution < 1.29 is 13.2 Å². The van der Waals surface area contributed by atoms with E-state index in [1.165, 1.54) is 11.8 Å². The van der Waals surface area contributed by atoms with E-state index in [4.69, 9.17) is 4.74 Å². The summed E-state index contributed by atoms with van der Waals surface area (Å²) in [4.78, 5) is 6.41. The van der Waals surface area contributed by atoms with Crippen LogP contribution in [-0.4, -0.2) is 67.2 Å². The molecule has 0 radical (unpaired) electrons. The number of hydrogen-bond acceptors (Lipinski definition) is 5. The lowest BCUT2D eigenvalue weighted by atomic mass is 10.0. The van der Waals surface area contributed by atoms with E-state index in [9.17, 15) is 8.42 Å². The highest BCUT2D eigenvalue weighted by Crippen LogP contribution is 2.26. The number of sulfonamides is 1. The topological polar surface area (TPSA) is 62.7 Å². The molecule has 0 unspecified atom stereocenters. The average Bonchev–Trinajstić information content (AvgIpc) is 2.70. The Morgan fingerprint density at radius 2 is 1.95 bits per heavy atom. The Bertz CT molecular complexity index is 593. The van der Waals surface area contributed by atoms with Crippen molar-refractivity contribution in [3.8, 4) is 0 Å². The van der Waals surface area contributed by atoms with E-state index < -0.39 is 10.0 Å². The Balaban J connectivity index is 1.68. The summed E-state index contributed by atoms with van der Waals surface area (Å²) in [7, 11) is -3.16. The molecule has 1 aromatic heterocycles. The number of rotatable bonds is 3. The zero-order chi connectivity index (χ0) is 15.6. The van der Waals surface area contributed by atoms with E-state index in [2.05, 4.69) is 9.88 Å². The van der Waals surface area contributed by atoms with Crippen LogP contribution in [0.4, 0.5) is 0 Å². The van der Waals surface area contributed by atoms with Gasteiger partial charge in [0.1, 0.15) is 0 Å². The molecule has 0 amide bonds. The quantitative estimate of drug-likeness (QED) is 0.819. The molecule has 0 aromatic carbocycles. The Kier molecular flexibility index (Phi) is 4.77. The minimum Gasteiger partial charge on any atom is -0.375 e. The first-order chi connectivity index (χ1) is 10.5. The fraction of sp³-hybridized carbons (Fsp3) is 0.667. The van der Waals surface area contributed by atoms with Crippen LogP contribution in [0.5, 0.6) is 0 Å². The van der Waals surface area contributed by atoms with Gasteiger partial charge < -0.3 is 4.74 Å². The Labute approximate surface area is 132 Å². The van der Waals surface area contributed by atoms with Gasteiger partial charge in [-0.1, -0.05) is 0 Å². The third-order valence-electron chi connectivity index (χ3n) is 4.50. The number of nitrogens with zero attached hydrogens (tertiary/aromatic N) is 3. The summed E-state index contributed by atoms with van der Waals surface area (Å²) < 4.78 is 31.4. The first-order valence-corrected chi connectivity index (χ1v) is 9.58. The highest BCUT2D eigenvalue weighted by Gasteiger charge is 2.38. The fourth-order valence-electron chi connectivity index (χ4n) is 3.41. The number of ether oxygens (including phenoxy) is 1. The molecule has 2 aliphatic heterocycles. The first-order valence-electron chi connectivity index (χ1n) is 7.74. The second-order valence-corrected chi connectivity index (χ2v) is 7.99. The van der Waals surface area contributed by atoms with Gasteiger partial charge in [-0.05, 0) is 30.5 Å². The summed E-state index contributed by atoms with van der Waals surface area (Å²) >= 11 is 0. The van der Waals surface area contributed by atoms with Gasteiger partial charge in [0.05, 0.1) is 25.0 Å². The minimum atomic E-state index is -3.16. The second kappa shape index (κ2) is 6.62. The van der Waals surface area contributed by atoms with Crippen LogP contribution in [0.15, 0.2) is 24.5 Å². The van der Waals surface area contributed by atoms with Gasteiger partial charge in [-0.3, -0.25) is 9.88 Å². The van der Waals surface area contributed by atoms with Crippen LogP contribution in [0, 0.1) is 0 Å². The molecule has 2 atom stereocenters. The normalized spacial score (nSPS) is 28.0. The molecule has 0 aliphatic carbocycles. The maximum Gasteiger partial charge on any atom is 0.211 e. The standard InChI is InChI=1S/C15H23N3O3S/c1-22(19,20)18-10-11-21-15-5-9-17(8-4-14(15)18)12-13-2-6-16-7-3-13/h2-3,6-7,14-15H,4-5,8-12H2,1H3/t14-,15-/m1/s1. The van der Waals surface area contributed by atoms with Crippen LogP contribution < -0.4 is 0 Å². The summed E-state index contributed by atoms with van der Waals surface area (Å²) in [5, 5.41) is 0. The predicted octanol–water partition coefficient (Wildman–Crippen LogP) is 0.706. The van der Waals surface area contributed by atoms with Crippen LogP contribution in [0.1, 0.15) is 18.4 Å². The zero-order valence-corrected chi connectivity index (χ0v) is 13.7. The summed E-state index contributed by atoms with van der Waals surface area (Å²) in [6.07, 6.45) is 6.63. The molecule has 0 bridgehead atoms. The van der Waals surface area contributed by atoms with Gasteiger partial charge in [-0.2, -0.15) is 4.31 Å². The van der Waals surface area contributed by atoms with Crippen molar-refractivity contribution in [2.24, 2.45) is 0 Å². The van der Waals surface area contributed by atoms with Gasteiger partial charge in [0.15, 0.2) is 0 Å². The highest BCUT2D eigenvalue weighted by atomic mass is 32.2. The largest absolute Gasteiger partial charge is 0.375 e. The van der Waals surface area contributed by atoms with Crippen molar-refractivity contribution in [3.05, 3.63) is 30.1 Å². The van der Waals surface area contributed by atoms with Crippen LogP contribution in [0.25, 0.3) is 0 Å². The zero-order valence-electron chi connectivity index (χ0n) is 12.9. The number of hydrogen-bond donors (Lipinski definition) is 0. The maximum absolute atomic E-state index is 12.0. The summed E-state index contributed by atoms with van der Waals surface area (Å²) in [5.74, 6) is 0. The molecule has 1 aromatic rings. The van der Waals surface area contributed by atoms with E-state index >= 15 is 0 Å². The van der Waals surface area contributed by atoms with Crippen molar-refractivity contribution in [1.82, 2.24) is 14.2 Å². The van der Waals surface area contributed by atoms with Crippen molar-refractivity contribution in [1.29, 1.82) is 0 Å². The molecule has 6 nitrogen and oxygen atoms in total.